The van der Waals surface area contributed by atoms with Crippen LogP contribution >= 0.6 is 55.1 Å². The largest absolute Gasteiger partial charge is 0.469 e. The van der Waals surface area contributed by atoms with Crippen LogP contribution in [-0.2, 0) is 43.8 Å². The number of hydrogen-bond acceptors (Lipinski definition) is 11. The van der Waals surface area contributed by atoms with E-state index in [0.717, 1.165) is 77.8 Å². The molecule has 0 unspecified atom stereocenters. The van der Waals surface area contributed by atoms with E-state index in [4.69, 9.17) is 37.4 Å². The van der Waals surface area contributed by atoms with Gasteiger partial charge in [0.25, 0.3) is 20.0 Å². The molecule has 0 spiro atoms. The molecule has 19 heteroatoms. The Hall–Kier alpha value is -6.90. The molecule has 8 aromatic carbocycles. The van der Waals surface area contributed by atoms with E-state index in [1.54, 1.807) is 70.7 Å². The smallest absolute Gasteiger partial charge is 0.306 e. The Morgan fingerprint density at radius 3 is 1.16 bits per heavy atom. The van der Waals surface area contributed by atoms with Gasteiger partial charge in [0.1, 0.15) is 0 Å². The Labute approximate surface area is 537 Å². The molecule has 8 aromatic rings. The Bertz CT molecular complexity index is 3700. The molecule has 0 saturated heterocycles. The number of ether oxygens (including phenoxy) is 3. The molecule has 0 fully saturated rings. The Kier molecular flexibility index (Phi) is 23.0. The number of halogens is 4. The highest BCUT2D eigenvalue weighted by atomic mass is 79.9. The standard InChI is InChI=1S/2C32H28BrClN2O4S.C4H10O/c2*1-21-8-16-27(17-9-21)41(38,39)35-36-30(23-6-4-3-5-7-23)18-24-12-15-26(34)19-28(24)32(36)29(20-31(37)40-2)22-10-13-25(33)14-11-22;1-3-5-4-2/h2*3-19,29,32,35H,20H2,1-2H3;3-4H2,1-2H3/t2*29-,32+;/m10./s1. The summed E-state index contributed by atoms with van der Waals surface area (Å²) >= 11 is 20.0. The number of carbonyl (C=O) groups is 2. The van der Waals surface area contributed by atoms with Crippen molar-refractivity contribution in [2.75, 3.05) is 27.4 Å². The van der Waals surface area contributed by atoms with Crippen LogP contribution in [0.5, 0.6) is 0 Å². The number of esters is 2. The van der Waals surface area contributed by atoms with Crippen LogP contribution in [0.15, 0.2) is 213 Å². The fraction of sp³-hybridized carbons (Fsp3) is 0.206. The van der Waals surface area contributed by atoms with Gasteiger partial charge in [0, 0.05) is 44.0 Å². The number of nitrogens with one attached hydrogen (secondary N) is 2. The summed E-state index contributed by atoms with van der Waals surface area (Å²) in [6.07, 6.45) is 3.87. The van der Waals surface area contributed by atoms with Gasteiger partial charge in [-0.2, -0.15) is 0 Å². The monoisotopic (exact) mass is 1370 g/mol. The number of carbonyl (C=O) groups excluding carboxylic acids is 2. The van der Waals surface area contributed by atoms with Crippen molar-refractivity contribution in [3.05, 3.63) is 269 Å². The van der Waals surface area contributed by atoms with Crippen LogP contribution in [0.4, 0.5) is 0 Å². The molecule has 2 aliphatic rings. The molecule has 0 saturated carbocycles. The molecule has 0 aromatic heterocycles. The maximum absolute atomic E-state index is 13.9. The Balaban J connectivity index is 0.000000209. The van der Waals surface area contributed by atoms with Crippen molar-refractivity contribution in [3.8, 4) is 0 Å². The number of hydrogen-bond donors (Lipinski definition) is 2. The first-order valence-corrected chi connectivity index (χ1v) is 33.2. The van der Waals surface area contributed by atoms with E-state index in [9.17, 15) is 26.4 Å². The topological polar surface area (TPSA) is 161 Å². The van der Waals surface area contributed by atoms with Gasteiger partial charge in [-0.15, -0.1) is 9.66 Å². The maximum atomic E-state index is 13.9. The molecule has 2 heterocycles. The number of hydrazine groups is 2. The fourth-order valence-electron chi connectivity index (χ4n) is 10.3. The molecule has 87 heavy (non-hydrogen) atoms. The highest BCUT2D eigenvalue weighted by Crippen LogP contribution is 2.49. The van der Waals surface area contributed by atoms with Gasteiger partial charge in [-0.3, -0.25) is 19.6 Å². The molecule has 4 atom stereocenters. The number of methoxy groups -OCH3 is 2. The molecule has 10 rings (SSSR count). The SMILES string of the molecule is CCOCC.COC(=O)C[C@@H](c1ccc(Br)cc1)[C@H]1c2cc(Cl)ccc2C=C(c2ccccc2)N1NS(=O)(=O)c1ccc(C)cc1.COC(=O)C[C@H](c1ccc(Br)cc1)[C@@H]1c2cc(Cl)ccc2C=C(c2ccccc2)N1NS(=O)(=O)c1ccc(C)cc1. The van der Waals surface area contributed by atoms with E-state index < -0.39 is 55.9 Å². The molecular formula is C68H66Br2Cl2N4O9S2. The summed E-state index contributed by atoms with van der Waals surface area (Å²) < 4.78 is 72.4. The van der Waals surface area contributed by atoms with Crippen molar-refractivity contribution in [3.63, 3.8) is 0 Å². The third kappa shape index (κ3) is 16.8. The van der Waals surface area contributed by atoms with Crippen LogP contribution in [0.2, 0.25) is 10.0 Å². The van der Waals surface area contributed by atoms with Gasteiger partial charge < -0.3 is 14.2 Å². The van der Waals surface area contributed by atoms with Crippen LogP contribution < -0.4 is 9.66 Å². The average Bonchev–Trinajstić information content (AvgIpc) is 0.840. The highest BCUT2D eigenvalue weighted by molar-refractivity contribution is 9.10. The second-order valence-electron chi connectivity index (χ2n) is 20.4. The number of nitrogens with zero attached hydrogens (tertiary/aromatic N) is 2. The molecule has 452 valence electrons. The van der Waals surface area contributed by atoms with Gasteiger partial charge in [0.05, 0.1) is 60.3 Å². The fourth-order valence-corrected chi connectivity index (χ4v) is 13.3. The summed E-state index contributed by atoms with van der Waals surface area (Å²) in [6.45, 7) is 9.47. The van der Waals surface area contributed by atoms with E-state index in [-0.39, 0.29) is 22.6 Å². The third-order valence-corrected chi connectivity index (χ3v) is 18.8. The van der Waals surface area contributed by atoms with Gasteiger partial charge in [-0.25, -0.2) is 16.8 Å². The van der Waals surface area contributed by atoms with Crippen molar-refractivity contribution in [2.45, 2.75) is 74.2 Å². The molecular weight excluding hydrogens is 1310 g/mol. The minimum absolute atomic E-state index is 0.000415. The molecule has 0 bridgehead atoms. The van der Waals surface area contributed by atoms with Gasteiger partial charge in [0.2, 0.25) is 0 Å². The lowest BCUT2D eigenvalue weighted by molar-refractivity contribution is -0.142. The normalized spacial score (nSPS) is 15.1. The molecule has 13 nitrogen and oxygen atoms in total. The van der Waals surface area contributed by atoms with E-state index in [1.165, 1.54) is 14.2 Å². The van der Waals surface area contributed by atoms with Crippen LogP contribution in [0.3, 0.4) is 0 Å². The van der Waals surface area contributed by atoms with E-state index in [2.05, 4.69) is 41.5 Å². The average molecular weight is 1380 g/mol. The maximum Gasteiger partial charge on any atom is 0.306 e. The number of fused-ring (bicyclic) bond motifs is 2. The highest BCUT2D eigenvalue weighted by Gasteiger charge is 2.42. The summed E-state index contributed by atoms with van der Waals surface area (Å²) in [7, 11) is -5.39. The quantitative estimate of drug-likeness (QED) is 0.0787. The van der Waals surface area contributed by atoms with Crippen LogP contribution in [0, 0.1) is 13.8 Å². The first kappa shape index (κ1) is 66.1. The second-order valence-corrected chi connectivity index (χ2v) is 26.5. The van der Waals surface area contributed by atoms with Crippen molar-refractivity contribution < 1.29 is 40.6 Å². The first-order valence-electron chi connectivity index (χ1n) is 27.9. The van der Waals surface area contributed by atoms with Gasteiger partial charge >= 0.3 is 11.9 Å². The second kappa shape index (κ2) is 30.3. The summed E-state index contributed by atoms with van der Waals surface area (Å²) in [5, 5.41) is 4.30. The number of sulfonamides is 2. The number of aryl methyl sites for hydroxylation is 2. The molecule has 0 radical (unpaired) electrons. The predicted octanol–water partition coefficient (Wildman–Crippen LogP) is 16.1. The molecule has 2 aliphatic heterocycles. The third-order valence-electron chi connectivity index (χ3n) is 14.6. The minimum Gasteiger partial charge on any atom is -0.469 e. The van der Waals surface area contributed by atoms with Gasteiger partial charge in [0.15, 0.2) is 0 Å². The van der Waals surface area contributed by atoms with Crippen LogP contribution in [0.25, 0.3) is 23.5 Å². The van der Waals surface area contributed by atoms with Crippen molar-refractivity contribution in [1.82, 2.24) is 19.7 Å². The summed E-state index contributed by atoms with van der Waals surface area (Å²) in [5.41, 5.74) is 9.74. The molecule has 2 N–H and O–H groups in total. The van der Waals surface area contributed by atoms with Crippen molar-refractivity contribution in [2.24, 2.45) is 0 Å². The van der Waals surface area contributed by atoms with Crippen LogP contribution in [-0.4, -0.2) is 66.2 Å². The Morgan fingerprint density at radius 2 is 0.851 bits per heavy atom. The van der Waals surface area contributed by atoms with Crippen molar-refractivity contribution in [1.29, 1.82) is 0 Å². The van der Waals surface area contributed by atoms with Crippen molar-refractivity contribution >= 4 is 111 Å². The van der Waals surface area contributed by atoms with E-state index >= 15 is 0 Å². The van der Waals surface area contributed by atoms with Gasteiger partial charge in [-0.05, 0) is 157 Å². The van der Waals surface area contributed by atoms with E-state index in [0.29, 0.717) is 21.4 Å². The summed E-state index contributed by atoms with van der Waals surface area (Å²) in [6, 6.07) is 57.5. The zero-order chi connectivity index (χ0) is 62.4. The zero-order valence-electron chi connectivity index (χ0n) is 48.7. The number of benzene rings is 8. The lowest BCUT2D eigenvalue weighted by Gasteiger charge is -2.43. The molecule has 0 aliphatic carbocycles. The predicted molar refractivity (Wildman–Crippen MR) is 353 cm³/mol. The Morgan fingerprint density at radius 1 is 0.506 bits per heavy atom. The molecule has 0 amide bonds. The van der Waals surface area contributed by atoms with Gasteiger partial charge in [-0.1, -0.05) is 188 Å². The summed E-state index contributed by atoms with van der Waals surface area (Å²) in [5.74, 6) is -1.86. The lowest BCUT2D eigenvalue weighted by atomic mass is 9.80. The first-order chi connectivity index (χ1) is 41.7. The number of rotatable bonds is 18. The van der Waals surface area contributed by atoms with E-state index in [1.807, 2.05) is 173 Å². The zero-order valence-corrected chi connectivity index (χ0v) is 55.0. The lowest BCUT2D eigenvalue weighted by Crippen LogP contribution is -2.46. The summed E-state index contributed by atoms with van der Waals surface area (Å²) in [4.78, 5) is 31.7. The minimum atomic E-state index is -4.04. The van der Waals surface area contributed by atoms with Crippen LogP contribution in [0.1, 0.15) is 106 Å².